The van der Waals surface area contributed by atoms with E-state index in [1.165, 1.54) is 6.33 Å². The van der Waals surface area contributed by atoms with Gasteiger partial charge in [-0.05, 0) is 51.9 Å². The molecule has 0 bridgehead atoms. The molecule has 210 valence electrons. The third-order valence-electron chi connectivity index (χ3n) is 5.46. The summed E-state index contributed by atoms with van der Waals surface area (Å²) in [5.41, 5.74) is 6.75. The molecule has 0 aliphatic carbocycles. The molecule has 1 aromatic rings. The van der Waals surface area contributed by atoms with Gasteiger partial charge in [0, 0.05) is 6.54 Å². The number of esters is 1. The lowest BCUT2D eigenvalue weighted by Gasteiger charge is -2.29. The number of nitrogen functional groups attached to an aromatic ring is 1. The average molecular weight is 540 g/mol. The predicted molar refractivity (Wildman–Crippen MR) is 151 cm³/mol. The molecule has 4 N–H and O–H groups in total. The number of fused-ring (bicyclic) bond motifs is 1. The van der Waals surface area contributed by atoms with Crippen LogP contribution in [-0.4, -0.2) is 59.5 Å². The molecule has 2 atom stereocenters. The first-order chi connectivity index (χ1) is 17.4. The van der Waals surface area contributed by atoms with E-state index in [1.807, 2.05) is 13.8 Å². The van der Waals surface area contributed by atoms with Gasteiger partial charge in [0.05, 0.1) is 25.1 Å². The molecule has 0 spiro atoms. The zero-order chi connectivity index (χ0) is 27.6. The Balaban J connectivity index is 2.08. The fourth-order valence-electron chi connectivity index (χ4n) is 3.77. The van der Waals surface area contributed by atoms with Crippen molar-refractivity contribution in [1.82, 2.24) is 15.1 Å². The molecule has 1 aliphatic rings. The molecule has 0 saturated carbocycles. The van der Waals surface area contributed by atoms with E-state index >= 15 is 0 Å². The normalized spacial score (nSPS) is 14.8. The molecule has 0 radical (unpaired) electrons. The summed E-state index contributed by atoms with van der Waals surface area (Å²) < 4.78 is 17.6. The van der Waals surface area contributed by atoms with Gasteiger partial charge in [-0.15, -0.1) is 0 Å². The van der Waals surface area contributed by atoms with Gasteiger partial charge < -0.3 is 30.0 Å². The Hall–Kier alpha value is -2.23. The summed E-state index contributed by atoms with van der Waals surface area (Å²) in [5.74, 6) is 1.79. The Kier molecular flexibility index (Phi) is 12.3. The summed E-state index contributed by atoms with van der Waals surface area (Å²) in [6.45, 7) is 17.7. The Morgan fingerprint density at radius 1 is 1.24 bits per heavy atom. The van der Waals surface area contributed by atoms with Gasteiger partial charge in [-0.3, -0.25) is 4.79 Å². The maximum absolute atomic E-state index is 12.7. The predicted octanol–water partition coefficient (Wildman–Crippen LogP) is 4.71. The number of rotatable bonds is 16. The number of oxime groups is 1. The largest absolute Gasteiger partial charge is 0.464 e. The van der Waals surface area contributed by atoms with Gasteiger partial charge in [-0.1, -0.05) is 39.8 Å². The van der Waals surface area contributed by atoms with E-state index in [0.29, 0.717) is 37.5 Å². The third-order valence-corrected chi connectivity index (χ3v) is 6.94. The van der Waals surface area contributed by atoms with E-state index < -0.39 is 13.8 Å². The van der Waals surface area contributed by atoms with Gasteiger partial charge in [0.2, 0.25) is 8.30 Å². The highest BCUT2D eigenvalue weighted by Gasteiger charge is 2.34. The van der Waals surface area contributed by atoms with Crippen molar-refractivity contribution < 1.29 is 18.9 Å². The molecule has 2 heterocycles. The van der Waals surface area contributed by atoms with E-state index in [2.05, 4.69) is 58.1 Å². The highest BCUT2D eigenvalue weighted by atomic mass is 31.2. The van der Waals surface area contributed by atoms with Gasteiger partial charge in [-0.2, -0.15) is 0 Å². The van der Waals surface area contributed by atoms with Crippen LogP contribution in [0.4, 0.5) is 17.3 Å². The minimum absolute atomic E-state index is 0.149. The first-order valence-corrected chi connectivity index (χ1v) is 14.5. The van der Waals surface area contributed by atoms with Gasteiger partial charge in [0.1, 0.15) is 23.9 Å². The fraction of sp³-hybridized carbons (Fsp3) is 0.760. The number of anilines is 3. The highest BCUT2D eigenvalue weighted by Crippen LogP contribution is 2.37. The van der Waals surface area contributed by atoms with Crippen LogP contribution in [0.15, 0.2) is 11.5 Å². The number of carbonyl (C=O) groups is 1. The van der Waals surface area contributed by atoms with Crippen LogP contribution in [0, 0.1) is 11.8 Å². The fourth-order valence-corrected chi connectivity index (χ4v) is 5.24. The summed E-state index contributed by atoms with van der Waals surface area (Å²) in [5, 5.41) is 11.1. The summed E-state index contributed by atoms with van der Waals surface area (Å²) in [4.78, 5) is 23.1. The minimum Gasteiger partial charge on any atom is -0.464 e. The zero-order valence-electron chi connectivity index (χ0n) is 23.7. The van der Waals surface area contributed by atoms with Crippen molar-refractivity contribution in [2.45, 2.75) is 86.3 Å². The summed E-state index contributed by atoms with van der Waals surface area (Å²) in [7, 11) is -1.43. The number of nitrogens with one attached hydrogen (secondary N) is 2. The zero-order valence-corrected chi connectivity index (χ0v) is 24.6. The van der Waals surface area contributed by atoms with Crippen molar-refractivity contribution in [2.75, 3.05) is 42.1 Å². The molecule has 0 saturated heterocycles. The number of carbonyl (C=O) groups excluding carboxylic acids is 1. The monoisotopic (exact) mass is 539 g/mol. The number of nitrogens with two attached hydrogens (primary N) is 1. The molecule has 0 amide bonds. The molecule has 0 aromatic carbocycles. The van der Waals surface area contributed by atoms with E-state index in [-0.39, 0.29) is 18.4 Å². The van der Waals surface area contributed by atoms with Gasteiger partial charge >= 0.3 is 5.97 Å². The lowest BCUT2D eigenvalue weighted by Crippen LogP contribution is -2.46. The van der Waals surface area contributed by atoms with Crippen molar-refractivity contribution in [3.63, 3.8) is 0 Å². The molecule has 0 fully saturated rings. The van der Waals surface area contributed by atoms with E-state index in [0.717, 1.165) is 36.5 Å². The number of nitrogens with zero attached hydrogens (tertiary/aromatic N) is 4. The molecule has 1 unspecified atom stereocenters. The molecule has 1 aromatic heterocycles. The van der Waals surface area contributed by atoms with Crippen LogP contribution < -0.4 is 21.0 Å². The van der Waals surface area contributed by atoms with Crippen molar-refractivity contribution in [3.05, 3.63) is 6.33 Å². The Morgan fingerprint density at radius 3 is 2.54 bits per heavy atom. The Morgan fingerprint density at radius 2 is 1.92 bits per heavy atom. The molecule has 37 heavy (non-hydrogen) atoms. The summed E-state index contributed by atoms with van der Waals surface area (Å²) in [6.07, 6.45) is 4.03. The number of aromatic nitrogens is 2. The summed E-state index contributed by atoms with van der Waals surface area (Å²) in [6, 6.07) is 0. The van der Waals surface area contributed by atoms with Crippen LogP contribution in [0.2, 0.25) is 0 Å². The van der Waals surface area contributed by atoms with Crippen molar-refractivity contribution in [3.8, 4) is 0 Å². The Bertz CT molecular complexity index is 886. The molecular formula is C25H46N7O4P. The van der Waals surface area contributed by atoms with Gasteiger partial charge in [-0.25, -0.2) is 15.1 Å². The second-order valence-electron chi connectivity index (χ2n) is 10.8. The molecular weight excluding hydrogens is 493 g/mol. The highest BCUT2D eigenvalue weighted by molar-refractivity contribution is 7.50. The second-order valence-corrected chi connectivity index (χ2v) is 12.2. The van der Waals surface area contributed by atoms with Crippen LogP contribution >= 0.6 is 8.30 Å². The van der Waals surface area contributed by atoms with Crippen LogP contribution in [0.1, 0.15) is 74.7 Å². The van der Waals surface area contributed by atoms with Gasteiger partial charge in [0.25, 0.3) is 0 Å². The standard InChI is InChI=1S/C25H46N7O4P/c1-9-10-34-24(33)25(7,8)31-37(36-30-20(11-17(2)3)12-18(4)5)16-35-19(6)13-32-15-29-21-22(26)27-14-28-23(21)32/h14,17-19,29,31H,9-13,15-16H2,1-8H3,(H2,26,27,28)/t19-,37?/m1/s1. The average Bonchev–Trinajstić information content (AvgIpc) is 3.22. The minimum atomic E-state index is -1.43. The molecule has 2 rings (SSSR count). The SMILES string of the molecule is CCCOC(=O)C(C)(C)NP(CO[C@H](C)CN1CNc2c(N)ncnc21)ON=C(CC(C)C)CC(C)C. The van der Waals surface area contributed by atoms with Crippen LogP contribution in [-0.2, 0) is 18.9 Å². The quantitative estimate of drug-likeness (QED) is 0.117. The maximum Gasteiger partial charge on any atom is 0.326 e. The van der Waals surface area contributed by atoms with Crippen LogP contribution in [0.3, 0.4) is 0 Å². The number of hydrogen-bond donors (Lipinski definition) is 3. The van der Waals surface area contributed by atoms with Crippen LogP contribution in [0.5, 0.6) is 0 Å². The van der Waals surface area contributed by atoms with E-state index in [4.69, 9.17) is 19.8 Å². The molecule has 12 heteroatoms. The maximum atomic E-state index is 12.7. The lowest BCUT2D eigenvalue weighted by atomic mass is 9.99. The number of hydrogen-bond acceptors (Lipinski definition) is 11. The van der Waals surface area contributed by atoms with Crippen molar-refractivity contribution >= 4 is 37.3 Å². The second kappa shape index (κ2) is 14.6. The first kappa shape index (κ1) is 31.0. The van der Waals surface area contributed by atoms with E-state index in [1.54, 1.807) is 13.8 Å². The smallest absolute Gasteiger partial charge is 0.326 e. The Labute approximate surface area is 223 Å². The van der Waals surface area contributed by atoms with Crippen LogP contribution in [0.25, 0.3) is 0 Å². The van der Waals surface area contributed by atoms with Gasteiger partial charge in [0.15, 0.2) is 11.6 Å². The summed E-state index contributed by atoms with van der Waals surface area (Å²) >= 11 is 0. The first-order valence-electron chi connectivity index (χ1n) is 13.1. The molecule has 1 aliphatic heterocycles. The van der Waals surface area contributed by atoms with E-state index in [9.17, 15) is 4.79 Å². The lowest BCUT2D eigenvalue weighted by molar-refractivity contribution is -0.149. The third kappa shape index (κ3) is 10.2. The van der Waals surface area contributed by atoms with Crippen molar-refractivity contribution in [1.29, 1.82) is 0 Å². The topological polar surface area (TPSA) is 136 Å². The van der Waals surface area contributed by atoms with Crippen molar-refractivity contribution in [2.24, 2.45) is 17.0 Å². The molecule has 11 nitrogen and oxygen atoms in total. The number of ether oxygens (including phenoxy) is 2.